The number of pyridine rings is 2. The fourth-order valence-electron chi connectivity index (χ4n) is 5.35. The van der Waals surface area contributed by atoms with E-state index < -0.39 is 6.10 Å². The molecule has 8 nitrogen and oxygen atoms in total. The standard InChI is InChI=1S/C23H27N7O/c1-14-10-21(29-28-14)26-20-13-19-18(4-2-8-25-19)22(27-20)23(31)15-11-16-5-6-17(12-15)30(16)9-3-7-24/h2,4,8,10,13,15-17,23,31H,3,5-6,9,11-12H2,1H3,(H2,26,27,28,29)/t15?,16-,17?,23?/m0/s1. The molecule has 2 fully saturated rings. The van der Waals surface area contributed by atoms with Crippen LogP contribution < -0.4 is 5.32 Å². The Labute approximate surface area is 181 Å². The zero-order chi connectivity index (χ0) is 21.4. The van der Waals surface area contributed by atoms with Gasteiger partial charge < -0.3 is 10.4 Å². The quantitative estimate of drug-likeness (QED) is 0.561. The van der Waals surface area contributed by atoms with Gasteiger partial charge in [0.25, 0.3) is 0 Å². The number of aryl methyl sites for hydroxylation is 1. The van der Waals surface area contributed by atoms with Gasteiger partial charge in [-0.3, -0.25) is 15.0 Å². The minimum Gasteiger partial charge on any atom is -0.386 e. The molecule has 4 atom stereocenters. The van der Waals surface area contributed by atoms with Gasteiger partial charge in [0.05, 0.1) is 23.4 Å². The number of piperidine rings is 1. The Morgan fingerprint density at radius 2 is 2.10 bits per heavy atom. The van der Waals surface area contributed by atoms with Crippen molar-refractivity contribution in [1.29, 1.82) is 5.26 Å². The van der Waals surface area contributed by atoms with E-state index in [1.54, 1.807) is 6.20 Å². The zero-order valence-corrected chi connectivity index (χ0v) is 17.6. The van der Waals surface area contributed by atoms with Crippen molar-refractivity contribution in [1.82, 2.24) is 25.1 Å². The maximum atomic E-state index is 11.5. The first-order valence-corrected chi connectivity index (χ1v) is 11.0. The second-order valence-electron chi connectivity index (χ2n) is 8.73. The Balaban J connectivity index is 1.43. The SMILES string of the molecule is Cc1cc(Nc2cc3ncccc3c(C(O)C3CC4CC[C@@H](C3)N4CCC#N)n2)n[nH]1. The second-order valence-corrected chi connectivity index (χ2v) is 8.73. The van der Waals surface area contributed by atoms with Crippen molar-refractivity contribution in [2.45, 2.75) is 57.2 Å². The lowest BCUT2D eigenvalue weighted by Gasteiger charge is -2.40. The summed E-state index contributed by atoms with van der Waals surface area (Å²) >= 11 is 0. The predicted molar refractivity (Wildman–Crippen MR) is 118 cm³/mol. The van der Waals surface area contributed by atoms with Crippen LogP contribution in [0.4, 0.5) is 11.6 Å². The van der Waals surface area contributed by atoms with E-state index >= 15 is 0 Å². The summed E-state index contributed by atoms with van der Waals surface area (Å²) in [6.45, 7) is 2.78. The van der Waals surface area contributed by atoms with Crippen molar-refractivity contribution >= 4 is 22.5 Å². The van der Waals surface area contributed by atoms with E-state index in [9.17, 15) is 5.11 Å². The van der Waals surface area contributed by atoms with Gasteiger partial charge in [-0.2, -0.15) is 10.4 Å². The summed E-state index contributed by atoms with van der Waals surface area (Å²) in [7, 11) is 0. The minimum absolute atomic E-state index is 0.148. The largest absolute Gasteiger partial charge is 0.386 e. The first-order valence-electron chi connectivity index (χ1n) is 11.0. The highest BCUT2D eigenvalue weighted by atomic mass is 16.3. The fourth-order valence-corrected chi connectivity index (χ4v) is 5.35. The van der Waals surface area contributed by atoms with Crippen LogP contribution in [0.15, 0.2) is 30.5 Å². The third-order valence-electron chi connectivity index (χ3n) is 6.72. The number of nitrogens with zero attached hydrogens (tertiary/aromatic N) is 5. The topological polar surface area (TPSA) is 114 Å². The molecule has 160 valence electrons. The lowest BCUT2D eigenvalue weighted by atomic mass is 9.84. The Morgan fingerprint density at radius 1 is 1.29 bits per heavy atom. The van der Waals surface area contributed by atoms with Crippen LogP contribution in [0.5, 0.6) is 0 Å². The average molecular weight is 418 g/mol. The molecule has 0 saturated carbocycles. The molecule has 2 aliphatic heterocycles. The Bertz CT molecular complexity index is 1110. The molecule has 3 unspecified atom stereocenters. The zero-order valence-electron chi connectivity index (χ0n) is 17.6. The number of fused-ring (bicyclic) bond motifs is 3. The van der Waals surface area contributed by atoms with Crippen molar-refractivity contribution in [3.8, 4) is 6.07 Å². The molecule has 8 heteroatoms. The first kappa shape index (κ1) is 19.9. The number of aliphatic hydroxyl groups is 1. The second kappa shape index (κ2) is 8.25. The van der Waals surface area contributed by atoms with Crippen LogP contribution in [0.2, 0.25) is 0 Å². The van der Waals surface area contributed by atoms with Gasteiger partial charge in [0.15, 0.2) is 5.82 Å². The molecule has 2 aliphatic rings. The Hall–Kier alpha value is -3.02. The molecular weight excluding hydrogens is 390 g/mol. The summed E-state index contributed by atoms with van der Waals surface area (Å²) in [5.41, 5.74) is 2.44. The van der Waals surface area contributed by atoms with Crippen LogP contribution in [0.3, 0.4) is 0 Å². The number of hydrogen-bond donors (Lipinski definition) is 3. The summed E-state index contributed by atoms with van der Waals surface area (Å²) in [5.74, 6) is 1.46. The number of aromatic amines is 1. The van der Waals surface area contributed by atoms with Gasteiger partial charge in [-0.05, 0) is 50.7 Å². The van der Waals surface area contributed by atoms with Crippen LogP contribution in [-0.4, -0.2) is 48.8 Å². The number of H-pyrrole nitrogens is 1. The Morgan fingerprint density at radius 3 is 2.81 bits per heavy atom. The molecule has 0 amide bonds. The molecule has 5 heterocycles. The lowest BCUT2D eigenvalue weighted by Crippen LogP contribution is -2.44. The van der Waals surface area contributed by atoms with E-state index in [1.165, 1.54) is 0 Å². The Kier molecular flexibility index (Phi) is 5.30. The predicted octanol–water partition coefficient (Wildman–Crippen LogP) is 3.60. The van der Waals surface area contributed by atoms with E-state index in [1.807, 2.05) is 31.2 Å². The summed E-state index contributed by atoms with van der Waals surface area (Å²) in [4.78, 5) is 11.8. The summed E-state index contributed by atoms with van der Waals surface area (Å²) in [6, 6.07) is 10.8. The lowest BCUT2D eigenvalue weighted by molar-refractivity contribution is 0.0243. The molecule has 0 radical (unpaired) electrons. The third kappa shape index (κ3) is 3.87. The van der Waals surface area contributed by atoms with Crippen LogP contribution in [0.25, 0.3) is 10.9 Å². The molecule has 31 heavy (non-hydrogen) atoms. The van der Waals surface area contributed by atoms with Gasteiger partial charge >= 0.3 is 0 Å². The van der Waals surface area contributed by atoms with Gasteiger partial charge in [0, 0.05) is 54.5 Å². The first-order chi connectivity index (χ1) is 15.1. The van der Waals surface area contributed by atoms with Crippen molar-refractivity contribution in [3.05, 3.63) is 41.9 Å². The van der Waals surface area contributed by atoms with E-state index in [0.717, 1.165) is 48.8 Å². The van der Waals surface area contributed by atoms with Crippen LogP contribution in [0, 0.1) is 24.2 Å². The van der Waals surface area contributed by atoms with Crippen molar-refractivity contribution in [2.75, 3.05) is 11.9 Å². The summed E-state index contributed by atoms with van der Waals surface area (Å²) in [6.07, 6.45) is 5.83. The number of rotatable bonds is 6. The summed E-state index contributed by atoms with van der Waals surface area (Å²) in [5, 5.41) is 31.7. The smallest absolute Gasteiger partial charge is 0.153 e. The third-order valence-corrected chi connectivity index (χ3v) is 6.72. The number of anilines is 2. The van der Waals surface area contributed by atoms with Crippen LogP contribution >= 0.6 is 0 Å². The molecule has 3 aromatic rings. The van der Waals surface area contributed by atoms with Crippen LogP contribution in [-0.2, 0) is 0 Å². The molecule has 2 saturated heterocycles. The molecule has 0 aromatic carbocycles. The number of nitriles is 1. The van der Waals surface area contributed by atoms with Gasteiger partial charge in [-0.15, -0.1) is 0 Å². The van der Waals surface area contributed by atoms with Crippen molar-refractivity contribution < 1.29 is 5.11 Å². The van der Waals surface area contributed by atoms with E-state index in [2.05, 4.69) is 31.5 Å². The molecule has 3 N–H and O–H groups in total. The highest BCUT2D eigenvalue weighted by Crippen LogP contribution is 2.44. The average Bonchev–Trinajstić information content (AvgIpc) is 3.28. The molecule has 2 bridgehead atoms. The summed E-state index contributed by atoms with van der Waals surface area (Å²) < 4.78 is 0. The van der Waals surface area contributed by atoms with Crippen LogP contribution in [0.1, 0.15) is 49.6 Å². The van der Waals surface area contributed by atoms with Gasteiger partial charge in [-0.1, -0.05) is 0 Å². The maximum Gasteiger partial charge on any atom is 0.153 e. The molecule has 0 aliphatic carbocycles. The monoisotopic (exact) mass is 417 g/mol. The highest BCUT2D eigenvalue weighted by Gasteiger charge is 2.43. The molecular formula is C23H27N7O. The van der Waals surface area contributed by atoms with Gasteiger partial charge in [-0.25, -0.2) is 4.98 Å². The van der Waals surface area contributed by atoms with E-state index in [-0.39, 0.29) is 5.92 Å². The van der Waals surface area contributed by atoms with E-state index in [4.69, 9.17) is 10.2 Å². The number of aromatic nitrogens is 4. The van der Waals surface area contributed by atoms with Gasteiger partial charge in [0.2, 0.25) is 0 Å². The maximum absolute atomic E-state index is 11.5. The van der Waals surface area contributed by atoms with Crippen molar-refractivity contribution in [2.24, 2.45) is 5.92 Å². The molecule has 3 aromatic heterocycles. The number of aliphatic hydroxyl groups excluding tert-OH is 1. The normalized spacial score (nSPS) is 24.2. The number of nitrogens with one attached hydrogen (secondary N) is 2. The van der Waals surface area contributed by atoms with Gasteiger partial charge in [0.1, 0.15) is 5.82 Å². The number of hydrogen-bond acceptors (Lipinski definition) is 7. The molecule has 0 spiro atoms. The van der Waals surface area contributed by atoms with Crippen molar-refractivity contribution in [3.63, 3.8) is 0 Å². The minimum atomic E-state index is -0.657. The fraction of sp³-hybridized carbons (Fsp3) is 0.478. The molecule has 5 rings (SSSR count). The van der Waals surface area contributed by atoms with E-state index in [0.29, 0.717) is 35.8 Å². The highest BCUT2D eigenvalue weighted by molar-refractivity contribution is 5.84.